The number of hydrogen-bond acceptors (Lipinski definition) is 4. The fourth-order valence-corrected chi connectivity index (χ4v) is 1.52. The minimum Gasteiger partial charge on any atom is -0.463 e. The molecule has 1 N–H and O–H groups in total. The lowest BCUT2D eigenvalue weighted by Gasteiger charge is -2.16. The van der Waals surface area contributed by atoms with Gasteiger partial charge in [-0.1, -0.05) is 12.1 Å². The van der Waals surface area contributed by atoms with Crippen LogP contribution in [-0.4, -0.2) is 18.6 Å². The van der Waals surface area contributed by atoms with Gasteiger partial charge in [0.05, 0.1) is 12.5 Å². The summed E-state index contributed by atoms with van der Waals surface area (Å²) in [5, 5.41) is 11.5. The number of nitriles is 1. The third kappa shape index (κ3) is 3.77. The maximum absolute atomic E-state index is 11.6. The lowest BCUT2D eigenvalue weighted by Crippen LogP contribution is -2.28. The summed E-state index contributed by atoms with van der Waals surface area (Å²) < 4.78 is 4.96. The Labute approximate surface area is 108 Å². The summed E-state index contributed by atoms with van der Waals surface area (Å²) >= 11 is 0. The second kappa shape index (κ2) is 6.65. The van der Waals surface area contributed by atoms with Gasteiger partial charge in [0, 0.05) is 5.69 Å². The molecule has 1 aromatic carbocycles. The van der Waals surface area contributed by atoms with Crippen molar-refractivity contribution in [2.45, 2.75) is 33.2 Å². The van der Waals surface area contributed by atoms with Crippen molar-refractivity contribution in [3.63, 3.8) is 0 Å². The van der Waals surface area contributed by atoms with Crippen molar-refractivity contribution in [2.75, 3.05) is 11.9 Å². The highest BCUT2D eigenvalue weighted by atomic mass is 16.5. The molecule has 0 radical (unpaired) electrons. The monoisotopic (exact) mass is 246 g/mol. The maximum atomic E-state index is 11.6. The van der Waals surface area contributed by atoms with E-state index in [4.69, 9.17) is 10.00 Å². The van der Waals surface area contributed by atoms with E-state index in [2.05, 4.69) is 5.32 Å². The van der Waals surface area contributed by atoms with E-state index in [0.29, 0.717) is 0 Å². The minimum absolute atomic E-state index is 0.147. The van der Waals surface area contributed by atoms with E-state index >= 15 is 0 Å². The molecule has 1 aromatic rings. The highest BCUT2D eigenvalue weighted by Gasteiger charge is 2.14. The van der Waals surface area contributed by atoms with Gasteiger partial charge in [0.1, 0.15) is 12.6 Å². The third-order valence-corrected chi connectivity index (χ3v) is 2.79. The van der Waals surface area contributed by atoms with Gasteiger partial charge in [-0.25, -0.2) is 4.79 Å². The van der Waals surface area contributed by atoms with Crippen LogP contribution in [0.1, 0.15) is 24.5 Å². The van der Waals surface area contributed by atoms with Crippen LogP contribution in [0.15, 0.2) is 18.2 Å². The van der Waals surface area contributed by atoms with Gasteiger partial charge < -0.3 is 10.1 Å². The quantitative estimate of drug-likeness (QED) is 0.640. The standard InChI is InChI=1S/C14H18N2O2/c1-10-6-4-7-13(11(10)2)16-12(3)14(17)18-9-5-8-15/h4,6-7,12,16H,5,9H2,1-3H3/t12-/m0/s1. The van der Waals surface area contributed by atoms with Gasteiger partial charge in [-0.05, 0) is 38.0 Å². The van der Waals surface area contributed by atoms with E-state index in [9.17, 15) is 4.79 Å². The number of benzene rings is 1. The van der Waals surface area contributed by atoms with Gasteiger partial charge in [-0.2, -0.15) is 5.26 Å². The zero-order valence-electron chi connectivity index (χ0n) is 11.0. The fraction of sp³-hybridized carbons (Fsp3) is 0.429. The van der Waals surface area contributed by atoms with Crippen LogP contribution in [0.25, 0.3) is 0 Å². The number of ether oxygens (including phenoxy) is 1. The predicted molar refractivity (Wildman–Crippen MR) is 70.2 cm³/mol. The smallest absolute Gasteiger partial charge is 0.328 e. The molecule has 0 spiro atoms. The summed E-state index contributed by atoms with van der Waals surface area (Å²) in [5.74, 6) is -0.342. The molecule has 0 aliphatic rings. The van der Waals surface area contributed by atoms with Crippen LogP contribution in [0.5, 0.6) is 0 Å². The Morgan fingerprint density at radius 2 is 2.22 bits per heavy atom. The van der Waals surface area contributed by atoms with Crippen molar-refractivity contribution in [3.8, 4) is 6.07 Å². The Hall–Kier alpha value is -2.02. The molecule has 1 atom stereocenters. The lowest BCUT2D eigenvalue weighted by molar-refractivity contribution is -0.143. The Balaban J connectivity index is 2.59. The molecule has 0 unspecified atom stereocenters. The molecular formula is C14H18N2O2. The number of hydrogen-bond donors (Lipinski definition) is 1. The summed E-state index contributed by atoms with van der Waals surface area (Å²) in [4.78, 5) is 11.6. The van der Waals surface area contributed by atoms with Crippen molar-refractivity contribution < 1.29 is 9.53 Å². The SMILES string of the molecule is Cc1cccc(N[C@@H](C)C(=O)OCCC#N)c1C. The van der Waals surface area contributed by atoms with Gasteiger partial charge in [-0.15, -0.1) is 0 Å². The molecule has 0 amide bonds. The molecule has 0 aliphatic carbocycles. The molecule has 0 saturated carbocycles. The number of nitrogens with one attached hydrogen (secondary N) is 1. The van der Waals surface area contributed by atoms with Crippen molar-refractivity contribution >= 4 is 11.7 Å². The normalized spacial score (nSPS) is 11.4. The molecule has 0 heterocycles. The number of nitrogens with zero attached hydrogens (tertiary/aromatic N) is 1. The number of carbonyl (C=O) groups is 1. The van der Waals surface area contributed by atoms with Crippen molar-refractivity contribution in [1.82, 2.24) is 0 Å². The van der Waals surface area contributed by atoms with Crippen LogP contribution in [0.4, 0.5) is 5.69 Å². The second-order valence-electron chi connectivity index (χ2n) is 4.19. The molecule has 0 bridgehead atoms. The molecular weight excluding hydrogens is 228 g/mol. The van der Waals surface area contributed by atoms with E-state index in [1.165, 1.54) is 5.56 Å². The molecule has 0 saturated heterocycles. The minimum atomic E-state index is -0.427. The first-order valence-corrected chi connectivity index (χ1v) is 5.92. The maximum Gasteiger partial charge on any atom is 0.328 e. The van der Waals surface area contributed by atoms with Crippen molar-refractivity contribution in [3.05, 3.63) is 29.3 Å². The van der Waals surface area contributed by atoms with Crippen LogP contribution < -0.4 is 5.32 Å². The molecule has 96 valence electrons. The summed E-state index contributed by atoms with van der Waals surface area (Å²) in [7, 11) is 0. The molecule has 0 aliphatic heterocycles. The van der Waals surface area contributed by atoms with Gasteiger partial charge in [0.2, 0.25) is 0 Å². The average molecular weight is 246 g/mol. The average Bonchev–Trinajstić information content (AvgIpc) is 2.35. The highest BCUT2D eigenvalue weighted by molar-refractivity contribution is 5.79. The van der Waals surface area contributed by atoms with Crippen LogP contribution in [0.2, 0.25) is 0 Å². The summed E-state index contributed by atoms with van der Waals surface area (Å²) in [6, 6.07) is 7.40. The molecule has 18 heavy (non-hydrogen) atoms. The first-order chi connectivity index (χ1) is 8.56. The number of rotatable bonds is 5. The largest absolute Gasteiger partial charge is 0.463 e. The number of anilines is 1. The first-order valence-electron chi connectivity index (χ1n) is 5.92. The fourth-order valence-electron chi connectivity index (χ4n) is 1.52. The van der Waals surface area contributed by atoms with Crippen LogP contribution in [0.3, 0.4) is 0 Å². The van der Waals surface area contributed by atoms with Crippen LogP contribution in [0, 0.1) is 25.2 Å². The Kier molecular flexibility index (Phi) is 5.19. The summed E-state index contributed by atoms with van der Waals surface area (Å²) in [6.07, 6.45) is 0.224. The van der Waals surface area contributed by atoms with Crippen LogP contribution >= 0.6 is 0 Å². The highest BCUT2D eigenvalue weighted by Crippen LogP contribution is 2.18. The van der Waals surface area contributed by atoms with Gasteiger partial charge >= 0.3 is 5.97 Å². The number of aryl methyl sites for hydroxylation is 1. The molecule has 0 aromatic heterocycles. The van der Waals surface area contributed by atoms with E-state index in [1.807, 2.05) is 38.1 Å². The van der Waals surface area contributed by atoms with E-state index < -0.39 is 6.04 Å². The molecule has 4 nitrogen and oxygen atoms in total. The summed E-state index contributed by atoms with van der Waals surface area (Å²) in [6.45, 7) is 5.92. The Bertz CT molecular complexity index is 463. The van der Waals surface area contributed by atoms with Gasteiger partial charge in [0.15, 0.2) is 0 Å². The van der Waals surface area contributed by atoms with Crippen molar-refractivity contribution in [1.29, 1.82) is 5.26 Å². The predicted octanol–water partition coefficient (Wildman–Crippen LogP) is 2.56. The molecule has 1 rings (SSSR count). The lowest BCUT2D eigenvalue weighted by atomic mass is 10.1. The van der Waals surface area contributed by atoms with Crippen LogP contribution in [-0.2, 0) is 9.53 Å². The Morgan fingerprint density at radius 3 is 2.89 bits per heavy atom. The number of carbonyl (C=O) groups excluding carboxylic acids is 1. The topological polar surface area (TPSA) is 62.1 Å². The van der Waals surface area contributed by atoms with Gasteiger partial charge in [0.25, 0.3) is 0 Å². The zero-order valence-corrected chi connectivity index (χ0v) is 11.0. The van der Waals surface area contributed by atoms with Crippen molar-refractivity contribution in [2.24, 2.45) is 0 Å². The van der Waals surface area contributed by atoms with E-state index in [-0.39, 0.29) is 19.0 Å². The number of esters is 1. The van der Waals surface area contributed by atoms with E-state index in [0.717, 1.165) is 11.3 Å². The molecule has 4 heteroatoms. The first kappa shape index (κ1) is 14.0. The summed E-state index contributed by atoms with van der Waals surface area (Å²) in [5.41, 5.74) is 3.22. The zero-order chi connectivity index (χ0) is 13.5. The van der Waals surface area contributed by atoms with E-state index in [1.54, 1.807) is 6.92 Å². The molecule has 0 fully saturated rings. The van der Waals surface area contributed by atoms with Gasteiger partial charge in [-0.3, -0.25) is 0 Å². The third-order valence-electron chi connectivity index (χ3n) is 2.79. The second-order valence-corrected chi connectivity index (χ2v) is 4.19. The Morgan fingerprint density at radius 1 is 1.50 bits per heavy atom.